The Morgan fingerprint density at radius 3 is 2.62 bits per heavy atom. The lowest BCUT2D eigenvalue weighted by Gasteiger charge is -2.37. The van der Waals surface area contributed by atoms with E-state index in [1.165, 1.54) is 4.90 Å². The predicted molar refractivity (Wildman–Crippen MR) is 205 cm³/mol. The van der Waals surface area contributed by atoms with E-state index in [1.54, 1.807) is 19.4 Å². The SMILES string of the molecule is C=C[C@@H]1C[C@]1(NC(O)[C@@H]1C[C@@H]2CN1C(=O)[C@H](C1CCCCC1)NC(=O)OCC(C)(C)CCCc1cc3c(nccc3cc1OC)O2)C(=O)NS(=O)(=O)C1CC1. The molecule has 3 amide bonds. The highest BCUT2D eigenvalue weighted by molar-refractivity contribution is 7.91. The zero-order valence-electron chi connectivity index (χ0n) is 32.1. The number of carbonyl (C=O) groups is 3. The molecule has 300 valence electrons. The van der Waals surface area contributed by atoms with E-state index >= 15 is 0 Å². The number of methoxy groups -OCH3 is 1. The molecule has 7 rings (SSSR count). The van der Waals surface area contributed by atoms with E-state index in [0.717, 1.165) is 67.0 Å². The zero-order valence-corrected chi connectivity index (χ0v) is 32.9. The number of pyridine rings is 1. The number of benzene rings is 1. The first-order chi connectivity index (χ1) is 26.2. The molecule has 1 aromatic carbocycles. The second kappa shape index (κ2) is 15.5. The topological polar surface area (TPSA) is 185 Å². The number of aliphatic hydroxyl groups is 1. The van der Waals surface area contributed by atoms with Crippen molar-refractivity contribution in [2.45, 2.75) is 126 Å². The van der Waals surface area contributed by atoms with Gasteiger partial charge in [0.15, 0.2) is 0 Å². The van der Waals surface area contributed by atoms with E-state index in [9.17, 15) is 27.9 Å². The summed E-state index contributed by atoms with van der Waals surface area (Å²) in [7, 11) is -2.22. The van der Waals surface area contributed by atoms with Crippen LogP contribution in [0.1, 0.15) is 90.0 Å². The van der Waals surface area contributed by atoms with Crippen LogP contribution in [0.15, 0.2) is 37.1 Å². The van der Waals surface area contributed by atoms with Gasteiger partial charge < -0.3 is 29.5 Å². The van der Waals surface area contributed by atoms with Gasteiger partial charge in [-0.05, 0) is 91.8 Å². The number of nitrogens with zero attached hydrogens (tertiary/aromatic N) is 2. The number of hydrogen-bond acceptors (Lipinski definition) is 11. The van der Waals surface area contributed by atoms with Crippen LogP contribution < -0.4 is 24.8 Å². The Balaban J connectivity index is 1.23. The van der Waals surface area contributed by atoms with Crippen molar-refractivity contribution in [2.24, 2.45) is 17.3 Å². The number of carbonyl (C=O) groups excluding carboxylic acids is 3. The summed E-state index contributed by atoms with van der Waals surface area (Å²) in [5.41, 5.74) is -0.802. The fraction of sp³-hybridized carbons (Fsp3) is 0.650. The molecule has 2 aliphatic heterocycles. The molecule has 3 heterocycles. The van der Waals surface area contributed by atoms with Crippen molar-refractivity contribution in [3.63, 3.8) is 0 Å². The molecular formula is C40H55N5O9S. The number of ether oxygens (including phenoxy) is 3. The van der Waals surface area contributed by atoms with Crippen molar-refractivity contribution < 1.29 is 42.1 Å². The number of cyclic esters (lactones) is 1. The number of sulfonamides is 1. The fourth-order valence-corrected chi connectivity index (χ4v) is 10.1. The Hall–Kier alpha value is -3.95. The molecule has 6 atom stereocenters. The average Bonchev–Trinajstić information content (AvgIpc) is 4.09. The minimum absolute atomic E-state index is 0.0659. The number of alkyl carbamates (subject to hydrolysis) is 1. The molecule has 2 aromatic rings. The lowest BCUT2D eigenvalue weighted by molar-refractivity contribution is -0.139. The number of rotatable bonds is 9. The molecular weight excluding hydrogens is 727 g/mol. The van der Waals surface area contributed by atoms with Gasteiger partial charge in [-0.3, -0.25) is 19.6 Å². The quantitative estimate of drug-likeness (QED) is 0.212. The molecule has 4 N–H and O–H groups in total. The summed E-state index contributed by atoms with van der Waals surface area (Å²) in [6.45, 7) is 8.15. The highest BCUT2D eigenvalue weighted by Gasteiger charge is 2.61. The minimum Gasteiger partial charge on any atom is -0.496 e. The highest BCUT2D eigenvalue weighted by atomic mass is 32.2. The monoisotopic (exact) mass is 781 g/mol. The normalized spacial score (nSPS) is 29.6. The second-order valence-corrected chi connectivity index (χ2v) is 18.9. The van der Waals surface area contributed by atoms with Crippen molar-refractivity contribution >= 4 is 38.7 Å². The molecule has 4 fully saturated rings. The van der Waals surface area contributed by atoms with E-state index in [0.29, 0.717) is 25.1 Å². The van der Waals surface area contributed by atoms with E-state index in [1.807, 2.05) is 32.0 Å². The Labute approximate surface area is 323 Å². The Kier molecular flexibility index (Phi) is 11.1. The smallest absolute Gasteiger partial charge is 0.407 e. The maximum atomic E-state index is 14.8. The number of nitrogens with one attached hydrogen (secondary N) is 3. The van der Waals surface area contributed by atoms with Gasteiger partial charge in [-0.2, -0.15) is 0 Å². The fourth-order valence-electron chi connectivity index (χ4n) is 8.71. The van der Waals surface area contributed by atoms with Gasteiger partial charge in [0.05, 0.1) is 31.6 Å². The standard InChI is InChI=1S/C40H55N5O9S/c1-5-27-21-40(27,37(48)44-55(50,51)29-13-14-29)43-34(46)31-20-28-22-45(31)36(47)33(24-10-7-6-8-11-24)42-38(49)53-23-39(2,3)16-9-12-26-18-30-25(19-32(26)52-4)15-17-41-35(30)54-28/h5,15,17-19,24,27-29,31,33-34,43,46H,1,6-14,16,20-23H2,2-4H3,(H,42,49)(H,44,48)/t27-,28-,31+,33+,34?,40-/m1/s1. The summed E-state index contributed by atoms with van der Waals surface area (Å²) in [5, 5.41) is 19.0. The highest BCUT2D eigenvalue weighted by Crippen LogP contribution is 2.46. The van der Waals surface area contributed by atoms with Crippen molar-refractivity contribution in [2.75, 3.05) is 20.3 Å². The van der Waals surface area contributed by atoms with E-state index in [-0.39, 0.29) is 43.2 Å². The van der Waals surface area contributed by atoms with Crippen LogP contribution in [0.3, 0.4) is 0 Å². The molecule has 5 aliphatic rings. The predicted octanol–water partition coefficient (Wildman–Crippen LogP) is 4.09. The number of aromatic nitrogens is 1. The third kappa shape index (κ3) is 8.43. The number of hydrogen-bond donors (Lipinski definition) is 4. The molecule has 3 saturated carbocycles. The molecule has 1 unspecified atom stereocenters. The van der Waals surface area contributed by atoms with E-state index < -0.39 is 63.1 Å². The molecule has 14 nitrogen and oxygen atoms in total. The summed E-state index contributed by atoms with van der Waals surface area (Å²) in [6.07, 6.45) is 8.45. The average molecular weight is 782 g/mol. The Morgan fingerprint density at radius 2 is 1.93 bits per heavy atom. The van der Waals surface area contributed by atoms with Gasteiger partial charge >= 0.3 is 6.09 Å². The summed E-state index contributed by atoms with van der Waals surface area (Å²) in [6, 6.07) is 4.05. The van der Waals surface area contributed by atoms with Gasteiger partial charge in [0.2, 0.25) is 21.8 Å². The van der Waals surface area contributed by atoms with Gasteiger partial charge in [0.1, 0.15) is 29.7 Å². The van der Waals surface area contributed by atoms with Crippen LogP contribution in [-0.4, -0.2) is 96.8 Å². The van der Waals surface area contributed by atoms with Gasteiger partial charge in [-0.1, -0.05) is 39.2 Å². The van der Waals surface area contributed by atoms with Gasteiger partial charge in [-0.25, -0.2) is 18.2 Å². The first kappa shape index (κ1) is 39.3. The van der Waals surface area contributed by atoms with Crippen LogP contribution in [0.5, 0.6) is 11.6 Å². The van der Waals surface area contributed by atoms with Crippen molar-refractivity contribution in [1.29, 1.82) is 0 Å². The van der Waals surface area contributed by atoms with Crippen molar-refractivity contribution in [3.05, 3.63) is 42.6 Å². The van der Waals surface area contributed by atoms with Crippen molar-refractivity contribution in [1.82, 2.24) is 25.2 Å². The lowest BCUT2D eigenvalue weighted by atomic mass is 9.83. The van der Waals surface area contributed by atoms with Crippen LogP contribution in [0, 0.1) is 17.3 Å². The Morgan fingerprint density at radius 1 is 1.16 bits per heavy atom. The molecule has 15 heteroatoms. The molecule has 0 radical (unpaired) electrons. The van der Waals surface area contributed by atoms with E-state index in [4.69, 9.17) is 14.2 Å². The number of fused-ring (bicyclic) bond motifs is 3. The molecule has 4 bridgehead atoms. The van der Waals surface area contributed by atoms with E-state index in [2.05, 4.69) is 26.9 Å². The second-order valence-electron chi connectivity index (χ2n) is 16.9. The summed E-state index contributed by atoms with van der Waals surface area (Å²) < 4.78 is 46.0. The third-order valence-electron chi connectivity index (χ3n) is 12.2. The zero-order chi connectivity index (χ0) is 39.1. The maximum absolute atomic E-state index is 14.8. The minimum atomic E-state index is -3.86. The molecule has 1 saturated heterocycles. The number of aliphatic hydroxyl groups excluding tert-OH is 1. The summed E-state index contributed by atoms with van der Waals surface area (Å²) >= 11 is 0. The number of amides is 3. The van der Waals surface area contributed by atoms with Gasteiger partial charge in [0.25, 0.3) is 5.91 Å². The van der Waals surface area contributed by atoms with Crippen LogP contribution in [0.2, 0.25) is 0 Å². The van der Waals surface area contributed by atoms with Crippen LogP contribution in [0.25, 0.3) is 10.8 Å². The van der Waals surface area contributed by atoms with Gasteiger partial charge in [0, 0.05) is 23.9 Å². The summed E-state index contributed by atoms with van der Waals surface area (Å²) in [4.78, 5) is 48.1. The molecule has 3 aliphatic carbocycles. The Bertz CT molecular complexity index is 1910. The lowest BCUT2D eigenvalue weighted by Crippen LogP contribution is -2.61. The third-order valence-corrected chi connectivity index (χ3v) is 14.0. The first-order valence-electron chi connectivity index (χ1n) is 19.7. The maximum Gasteiger partial charge on any atom is 0.407 e. The largest absolute Gasteiger partial charge is 0.496 e. The van der Waals surface area contributed by atoms with Crippen LogP contribution >= 0.6 is 0 Å². The number of aryl methyl sites for hydroxylation is 1. The van der Waals surface area contributed by atoms with Crippen LogP contribution in [-0.2, 0) is 30.8 Å². The molecule has 1 aromatic heterocycles. The summed E-state index contributed by atoms with van der Waals surface area (Å²) in [5.74, 6) is -0.617. The van der Waals surface area contributed by atoms with Crippen LogP contribution in [0.4, 0.5) is 4.79 Å². The van der Waals surface area contributed by atoms with Crippen molar-refractivity contribution in [3.8, 4) is 11.6 Å². The van der Waals surface area contributed by atoms with Gasteiger partial charge in [-0.15, -0.1) is 6.58 Å². The molecule has 55 heavy (non-hydrogen) atoms. The molecule has 0 spiro atoms. The first-order valence-corrected chi connectivity index (χ1v) is 21.3.